The normalized spacial score (nSPS) is 11.9. The van der Waals surface area contributed by atoms with Crippen molar-refractivity contribution in [2.75, 3.05) is 0 Å². The Balaban J connectivity index is 1.81. The van der Waals surface area contributed by atoms with E-state index in [0.717, 1.165) is 20.8 Å². The Bertz CT molecular complexity index is 1470. The molecule has 5 aromatic carbocycles. The minimum atomic E-state index is -2.67. The van der Waals surface area contributed by atoms with Gasteiger partial charge in [-0.1, -0.05) is 108 Å². The van der Waals surface area contributed by atoms with Crippen LogP contribution in [0.2, 0.25) is 5.02 Å². The highest BCUT2D eigenvalue weighted by atomic mass is 35.5. The lowest BCUT2D eigenvalue weighted by molar-refractivity contribution is 0.0968. The van der Waals surface area contributed by atoms with Crippen LogP contribution in [-0.4, -0.2) is 5.91 Å². The van der Waals surface area contributed by atoms with E-state index < -0.39 is 7.26 Å². The second-order valence-electron chi connectivity index (χ2n) is 8.68. The van der Waals surface area contributed by atoms with Gasteiger partial charge in [0, 0.05) is 15.5 Å². The Morgan fingerprint density at radius 2 is 1.00 bits per heavy atom. The lowest BCUT2D eigenvalue weighted by Crippen LogP contribution is -2.38. The van der Waals surface area contributed by atoms with Crippen LogP contribution in [0.3, 0.4) is 0 Å². The molecule has 0 unspecified atom stereocenters. The molecule has 0 aliphatic carbocycles. The molecule has 0 radical (unpaired) electrons. The molecule has 1 amide bonds. The Kier molecular flexibility index (Phi) is 8.86. The summed E-state index contributed by atoms with van der Waals surface area (Å²) < 4.78 is 0.492. The van der Waals surface area contributed by atoms with Crippen LogP contribution in [0.25, 0.3) is 0 Å². The molecule has 0 atom stereocenters. The molecule has 6 heteroatoms. The number of carbonyl (C=O) groups excluding carboxylic acids is 1. The van der Waals surface area contributed by atoms with Crippen LogP contribution >= 0.6 is 42.2 Å². The van der Waals surface area contributed by atoms with Gasteiger partial charge in [0.05, 0.1) is 0 Å². The van der Waals surface area contributed by atoms with Crippen molar-refractivity contribution in [1.29, 1.82) is 0 Å². The number of halogens is 2. The maximum atomic E-state index is 13.8. The van der Waals surface area contributed by atoms with Gasteiger partial charge in [-0.25, -0.2) is 0 Å². The summed E-state index contributed by atoms with van der Waals surface area (Å²) in [7, 11) is -2.67. The zero-order valence-electron chi connectivity index (χ0n) is 20.9. The van der Waals surface area contributed by atoms with E-state index in [0.29, 0.717) is 20.4 Å². The first-order valence-corrected chi connectivity index (χ1v) is 15.7. The molecule has 0 spiro atoms. The van der Waals surface area contributed by atoms with Gasteiger partial charge in [-0.15, -0.1) is 0 Å². The van der Waals surface area contributed by atoms with Gasteiger partial charge in [0.1, 0.15) is 20.3 Å². The van der Waals surface area contributed by atoms with Gasteiger partial charge >= 0.3 is 0 Å². The van der Waals surface area contributed by atoms with E-state index in [1.54, 1.807) is 12.1 Å². The van der Waals surface area contributed by atoms with Crippen LogP contribution in [0.4, 0.5) is 0 Å². The summed E-state index contributed by atoms with van der Waals surface area (Å²) in [5.41, 5.74) is 1.24. The van der Waals surface area contributed by atoms with E-state index in [1.807, 2.05) is 97.1 Å². The number of benzene rings is 5. The van der Waals surface area contributed by atoms with E-state index in [4.69, 9.17) is 23.2 Å². The Labute approximate surface area is 244 Å². The smallest absolute Gasteiger partial charge is 0.258 e. The van der Waals surface area contributed by atoms with Crippen molar-refractivity contribution in [3.63, 3.8) is 0 Å². The van der Waals surface area contributed by atoms with Crippen LogP contribution < -0.4 is 21.2 Å². The summed E-state index contributed by atoms with van der Waals surface area (Å²) >= 11 is 14.9. The number of hydrogen-bond acceptors (Lipinski definition) is 2. The summed E-state index contributed by atoms with van der Waals surface area (Å²) in [6, 6.07) is 47.7. The van der Waals surface area contributed by atoms with Gasteiger partial charge in [-0.05, 0) is 72.8 Å². The predicted molar refractivity (Wildman–Crippen MR) is 169 cm³/mol. The largest absolute Gasteiger partial charge is 0.290 e. The molecule has 0 aliphatic rings. The molecule has 0 heterocycles. The number of carbonyl (C=O) groups is 1. The molecule has 0 saturated heterocycles. The van der Waals surface area contributed by atoms with Crippen molar-refractivity contribution in [3.05, 3.63) is 166 Å². The molecule has 192 valence electrons. The maximum absolute atomic E-state index is 13.8. The lowest BCUT2D eigenvalue weighted by atomic mass is 10.2. The highest BCUT2D eigenvalue weighted by Gasteiger charge is 2.52. The molecule has 5 aromatic rings. The standard InChI is InChI=1S/C33H24Cl2NOPS/c34-26-21-23-30(24-22-26)39-31(35)33(36-32(37)25-13-5-1-6-14-25)38(27-15-7-2-8-16-27,28-17-9-3-10-18-28)29-19-11-4-12-20-29/h1-24H/p+1/b33-31+. The summed E-state index contributed by atoms with van der Waals surface area (Å²) in [6.07, 6.45) is 0. The molecular formula is C33H25Cl2NOPS+. The minimum Gasteiger partial charge on any atom is -0.290 e. The average molecular weight is 586 g/mol. The topological polar surface area (TPSA) is 29.1 Å². The number of hydrogen-bond donors (Lipinski definition) is 1. The van der Waals surface area contributed by atoms with Crippen LogP contribution in [0.15, 0.2) is 160 Å². The monoisotopic (exact) mass is 584 g/mol. The van der Waals surface area contributed by atoms with E-state index in [1.165, 1.54) is 11.8 Å². The minimum absolute atomic E-state index is 0.215. The van der Waals surface area contributed by atoms with E-state index in [2.05, 4.69) is 41.7 Å². The molecule has 0 aromatic heterocycles. The molecule has 0 aliphatic heterocycles. The number of nitrogens with one attached hydrogen (secondary N) is 1. The van der Waals surface area contributed by atoms with Crippen molar-refractivity contribution in [2.24, 2.45) is 0 Å². The van der Waals surface area contributed by atoms with Crippen molar-refractivity contribution in [1.82, 2.24) is 5.32 Å². The second kappa shape index (κ2) is 12.7. The Morgan fingerprint density at radius 3 is 1.44 bits per heavy atom. The van der Waals surface area contributed by atoms with Crippen LogP contribution in [-0.2, 0) is 0 Å². The van der Waals surface area contributed by atoms with Crippen LogP contribution in [0, 0.1) is 0 Å². The van der Waals surface area contributed by atoms with Crippen molar-refractivity contribution in [3.8, 4) is 0 Å². The third-order valence-electron chi connectivity index (χ3n) is 6.24. The molecule has 5 rings (SSSR count). The predicted octanol–water partition coefficient (Wildman–Crippen LogP) is 8.22. The third kappa shape index (κ3) is 5.98. The van der Waals surface area contributed by atoms with Gasteiger partial charge in [0.25, 0.3) is 5.91 Å². The summed E-state index contributed by atoms with van der Waals surface area (Å²) in [4.78, 5) is 14.7. The van der Waals surface area contributed by atoms with Gasteiger partial charge in [0.15, 0.2) is 7.26 Å². The molecular weight excluding hydrogens is 560 g/mol. The van der Waals surface area contributed by atoms with Gasteiger partial charge in [-0.3, -0.25) is 10.1 Å². The quantitative estimate of drug-likeness (QED) is 0.147. The highest BCUT2D eigenvalue weighted by molar-refractivity contribution is 8.06. The van der Waals surface area contributed by atoms with Crippen molar-refractivity contribution in [2.45, 2.75) is 4.90 Å². The van der Waals surface area contributed by atoms with E-state index in [-0.39, 0.29) is 5.91 Å². The lowest BCUT2D eigenvalue weighted by Gasteiger charge is -2.30. The highest BCUT2D eigenvalue weighted by Crippen LogP contribution is 2.64. The maximum Gasteiger partial charge on any atom is 0.258 e. The zero-order chi connectivity index (χ0) is 27.1. The van der Waals surface area contributed by atoms with Crippen LogP contribution in [0.1, 0.15) is 10.4 Å². The van der Waals surface area contributed by atoms with Crippen molar-refractivity contribution >= 4 is 64.0 Å². The first-order valence-electron chi connectivity index (χ1n) is 12.3. The summed E-state index contributed by atoms with van der Waals surface area (Å²) in [5, 5.41) is 7.21. The van der Waals surface area contributed by atoms with Gasteiger partial charge in [0.2, 0.25) is 5.44 Å². The fourth-order valence-electron chi connectivity index (χ4n) is 4.48. The Morgan fingerprint density at radius 1 is 0.590 bits per heavy atom. The number of thioether (sulfide) groups is 1. The summed E-state index contributed by atoms with van der Waals surface area (Å²) in [6.45, 7) is 0. The SMILES string of the molecule is O=C(N/C(=C(/Cl)Sc1ccc(Cl)cc1)[P+](c1ccccc1)(c1ccccc1)c1ccccc1)c1ccccc1. The number of amides is 1. The van der Waals surface area contributed by atoms with Gasteiger partial charge in [-0.2, -0.15) is 0 Å². The third-order valence-corrected chi connectivity index (χ3v) is 12.3. The Hall–Kier alpha value is -3.33. The molecule has 0 fully saturated rings. The molecule has 39 heavy (non-hydrogen) atoms. The first-order chi connectivity index (χ1) is 19.1. The average Bonchev–Trinajstić information content (AvgIpc) is 3.00. The first kappa shape index (κ1) is 27.2. The molecule has 0 saturated carbocycles. The second-order valence-corrected chi connectivity index (χ2v) is 14.1. The van der Waals surface area contributed by atoms with Crippen LogP contribution in [0.5, 0.6) is 0 Å². The summed E-state index contributed by atoms with van der Waals surface area (Å²) in [5.74, 6) is -0.215. The molecule has 2 nitrogen and oxygen atoms in total. The fraction of sp³-hybridized carbons (Fsp3) is 0. The van der Waals surface area contributed by atoms with Gasteiger partial charge < -0.3 is 0 Å². The van der Waals surface area contributed by atoms with E-state index in [9.17, 15) is 4.79 Å². The molecule has 1 N–H and O–H groups in total. The van der Waals surface area contributed by atoms with Crippen molar-refractivity contribution < 1.29 is 4.79 Å². The molecule has 0 bridgehead atoms. The van der Waals surface area contributed by atoms with E-state index >= 15 is 0 Å². The fourth-order valence-corrected chi connectivity index (χ4v) is 10.5. The zero-order valence-corrected chi connectivity index (χ0v) is 24.1. The number of rotatable bonds is 8.